The Kier molecular flexibility index (Phi) is 8.37. The number of fused-ring (bicyclic) bond motifs is 1. The number of methoxy groups -OCH3 is 2. The lowest BCUT2D eigenvalue weighted by Crippen LogP contribution is -2.72. The molecule has 0 amide bonds. The number of aromatic nitrogens is 3. The van der Waals surface area contributed by atoms with E-state index in [1.807, 2.05) is 0 Å². The summed E-state index contributed by atoms with van der Waals surface area (Å²) in [5.41, 5.74) is -12.5. The van der Waals surface area contributed by atoms with Gasteiger partial charge >= 0.3 is 35.7 Å². The van der Waals surface area contributed by atoms with Gasteiger partial charge in [-0.25, -0.2) is 33.1 Å². The Balaban J connectivity index is 1.44. The first-order valence-corrected chi connectivity index (χ1v) is 16.1. The van der Waals surface area contributed by atoms with Gasteiger partial charge in [0.1, 0.15) is 11.6 Å². The number of ether oxygens (including phenoxy) is 4. The molecule has 53 heavy (non-hydrogen) atoms. The molecule has 1 aromatic heterocycles. The average Bonchev–Trinajstić information content (AvgIpc) is 3.38. The fourth-order valence-electron chi connectivity index (χ4n) is 7.76. The lowest BCUT2D eigenvalue weighted by molar-refractivity contribution is -0.291. The first-order valence-electron chi connectivity index (χ1n) is 16.1. The summed E-state index contributed by atoms with van der Waals surface area (Å²) < 4.78 is 114. The highest BCUT2D eigenvalue weighted by Gasteiger charge is 2.71. The molecule has 4 aromatic rings. The van der Waals surface area contributed by atoms with Crippen LogP contribution >= 0.6 is 0 Å². The third kappa shape index (κ3) is 4.82. The number of para-hydroxylation sites is 1. The second-order valence-corrected chi connectivity index (χ2v) is 12.7. The van der Waals surface area contributed by atoms with Gasteiger partial charge in [-0.3, -0.25) is 0 Å². The van der Waals surface area contributed by atoms with Gasteiger partial charge in [0.2, 0.25) is 0 Å². The summed E-state index contributed by atoms with van der Waals surface area (Å²) in [6.45, 7) is 0. The third-order valence-electron chi connectivity index (χ3n) is 10.3. The SMILES string of the molecule is CO[C@](C(=O)O[C@@H]1[C@@H](OC(=O)[C@@](OC)(c2ccccc2)C(F)(F)F)[C@@]23CCC2=C[C@@H]1n1c(=O)n(-c2ccccc2)c(=O)n13)(c1ccccc1)C(F)(F)F. The van der Waals surface area contributed by atoms with E-state index in [2.05, 4.69) is 0 Å². The smallest absolute Gasteiger partial charge is 0.432 e. The highest BCUT2D eigenvalue weighted by atomic mass is 19.4. The number of nitrogens with zero attached hydrogens (tertiary/aromatic N) is 3. The van der Waals surface area contributed by atoms with E-state index < -0.39 is 81.8 Å². The minimum Gasteiger partial charge on any atom is -0.453 e. The lowest BCUT2D eigenvalue weighted by Gasteiger charge is -2.59. The van der Waals surface area contributed by atoms with Crippen molar-refractivity contribution in [1.82, 2.24) is 13.9 Å². The van der Waals surface area contributed by atoms with Crippen LogP contribution in [0.2, 0.25) is 0 Å². The van der Waals surface area contributed by atoms with Crippen LogP contribution in [0.4, 0.5) is 26.3 Å². The number of halogens is 6. The van der Waals surface area contributed by atoms with Crippen LogP contribution in [0.1, 0.15) is 30.0 Å². The molecular weight excluding hydrogens is 716 g/mol. The number of esters is 2. The molecule has 0 radical (unpaired) electrons. The van der Waals surface area contributed by atoms with Gasteiger partial charge in [-0.2, -0.15) is 26.3 Å². The second-order valence-electron chi connectivity index (χ2n) is 12.7. The highest BCUT2D eigenvalue weighted by Crippen LogP contribution is 2.58. The number of rotatable bonds is 9. The largest absolute Gasteiger partial charge is 0.453 e. The highest BCUT2D eigenvalue weighted by molar-refractivity contribution is 5.84. The molecule has 4 aliphatic rings. The number of benzene rings is 3. The fraction of sp³-hybridized carbons (Fsp3) is 0.333. The van der Waals surface area contributed by atoms with Gasteiger partial charge in [-0.15, -0.1) is 0 Å². The van der Waals surface area contributed by atoms with Crippen LogP contribution in [0.15, 0.2) is 112 Å². The van der Waals surface area contributed by atoms with Crippen molar-refractivity contribution in [3.8, 4) is 5.69 Å². The summed E-state index contributed by atoms with van der Waals surface area (Å²) in [6.07, 6.45) is -13.7. The number of alkyl halides is 6. The van der Waals surface area contributed by atoms with E-state index in [9.17, 15) is 19.2 Å². The van der Waals surface area contributed by atoms with Gasteiger partial charge in [0.25, 0.3) is 11.2 Å². The molecular formula is C36H29F6N3O8. The van der Waals surface area contributed by atoms with Crippen molar-refractivity contribution in [1.29, 1.82) is 0 Å². The number of hydrogen-bond donors (Lipinski definition) is 0. The third-order valence-corrected chi connectivity index (χ3v) is 10.3. The normalized spacial score (nSPS) is 24.1. The summed E-state index contributed by atoms with van der Waals surface area (Å²) in [7, 11) is 1.24. The molecule has 2 aliphatic heterocycles. The Morgan fingerprint density at radius 1 is 0.698 bits per heavy atom. The van der Waals surface area contributed by atoms with E-state index in [0.29, 0.717) is 19.8 Å². The fourth-order valence-corrected chi connectivity index (χ4v) is 7.76. The predicted molar refractivity (Wildman–Crippen MR) is 171 cm³/mol. The Labute approximate surface area is 295 Å². The molecule has 8 rings (SSSR count). The zero-order chi connectivity index (χ0) is 38.1. The number of hydrogen-bond acceptors (Lipinski definition) is 8. The van der Waals surface area contributed by atoms with Crippen LogP contribution in [0.3, 0.4) is 0 Å². The van der Waals surface area contributed by atoms with E-state index in [-0.39, 0.29) is 18.5 Å². The maximum atomic E-state index is 15.0. The Hall–Kier alpha value is -5.42. The summed E-state index contributed by atoms with van der Waals surface area (Å²) in [6, 6.07) is 17.4. The van der Waals surface area contributed by atoms with Crippen LogP contribution in [-0.4, -0.2) is 64.6 Å². The number of carbonyl (C=O) groups is 2. The molecule has 278 valence electrons. The van der Waals surface area contributed by atoms with Gasteiger partial charge in [-0.1, -0.05) is 84.9 Å². The van der Waals surface area contributed by atoms with Gasteiger partial charge in [0.05, 0.1) is 5.69 Å². The maximum Gasteiger partial charge on any atom is 0.432 e. The van der Waals surface area contributed by atoms with Crippen LogP contribution in [0, 0.1) is 0 Å². The number of carbonyl (C=O) groups excluding carboxylic acids is 2. The molecule has 1 saturated carbocycles. The van der Waals surface area contributed by atoms with Crippen molar-refractivity contribution in [3.05, 3.63) is 135 Å². The van der Waals surface area contributed by atoms with Gasteiger partial charge < -0.3 is 18.9 Å². The maximum absolute atomic E-state index is 15.0. The minimum atomic E-state index is -5.47. The molecule has 3 heterocycles. The monoisotopic (exact) mass is 745 g/mol. The van der Waals surface area contributed by atoms with E-state index in [4.69, 9.17) is 18.9 Å². The Morgan fingerprint density at radius 2 is 1.17 bits per heavy atom. The van der Waals surface area contributed by atoms with Crippen molar-refractivity contribution in [3.63, 3.8) is 0 Å². The van der Waals surface area contributed by atoms with Crippen LogP contribution in [0.25, 0.3) is 5.69 Å². The Morgan fingerprint density at radius 3 is 1.60 bits per heavy atom. The van der Waals surface area contributed by atoms with Gasteiger partial charge in [0, 0.05) is 25.3 Å². The molecule has 6 atom stereocenters. The van der Waals surface area contributed by atoms with Gasteiger partial charge in [-0.05, 0) is 30.5 Å². The molecule has 17 heteroatoms. The van der Waals surface area contributed by atoms with E-state index >= 15 is 26.3 Å². The topological polar surface area (TPSA) is 120 Å². The van der Waals surface area contributed by atoms with Crippen molar-refractivity contribution in [2.75, 3.05) is 14.2 Å². The van der Waals surface area contributed by atoms with E-state index in [1.165, 1.54) is 66.7 Å². The molecule has 1 spiro atoms. The van der Waals surface area contributed by atoms with Crippen LogP contribution in [0.5, 0.6) is 0 Å². The quantitative estimate of drug-likeness (QED) is 0.136. The average molecular weight is 746 g/mol. The summed E-state index contributed by atoms with van der Waals surface area (Å²) in [5.74, 6) is -4.12. The van der Waals surface area contributed by atoms with E-state index in [1.54, 1.807) is 6.07 Å². The summed E-state index contributed by atoms with van der Waals surface area (Å²) in [5, 5.41) is 0. The lowest BCUT2D eigenvalue weighted by atomic mass is 9.61. The molecule has 1 fully saturated rings. The molecule has 11 nitrogen and oxygen atoms in total. The van der Waals surface area contributed by atoms with Crippen LogP contribution < -0.4 is 11.4 Å². The first-order chi connectivity index (χ1) is 25.1. The second kappa shape index (κ2) is 12.3. The summed E-state index contributed by atoms with van der Waals surface area (Å²) >= 11 is 0. The molecule has 0 unspecified atom stereocenters. The van der Waals surface area contributed by atoms with Crippen molar-refractivity contribution in [2.45, 2.75) is 60.2 Å². The molecule has 2 bridgehead atoms. The van der Waals surface area contributed by atoms with Crippen molar-refractivity contribution < 1.29 is 54.9 Å². The molecule has 0 N–H and O–H groups in total. The first kappa shape index (κ1) is 36.0. The molecule has 0 saturated heterocycles. The zero-order valence-corrected chi connectivity index (χ0v) is 27.8. The van der Waals surface area contributed by atoms with E-state index in [0.717, 1.165) is 38.2 Å². The zero-order valence-electron chi connectivity index (χ0n) is 27.8. The Bertz CT molecular complexity index is 2220. The summed E-state index contributed by atoms with van der Waals surface area (Å²) in [4.78, 5) is 56.4. The predicted octanol–water partition coefficient (Wildman–Crippen LogP) is 4.82. The van der Waals surface area contributed by atoms with Gasteiger partial charge in [0.15, 0.2) is 12.2 Å². The molecule has 3 aromatic carbocycles. The standard InChI is InChI=1S/C36H29F6N3O8/c1-50-33(35(37,38)39,21-12-6-3-7-13-21)28(46)52-26-25-20-23-18-19-32(23,45-31(49)43(30(48)44(25)45)24-16-10-5-11-17-24)27(26)53-29(47)34(51-2,36(40,41)42)22-14-8-4-9-15-22/h3-17,20,25-27H,18-19H2,1-2H3/t25-,26-,27+,32+,33-,34-/m0/s1. The van der Waals surface area contributed by atoms with Crippen molar-refractivity contribution >= 4 is 11.9 Å². The van der Waals surface area contributed by atoms with Crippen molar-refractivity contribution in [2.24, 2.45) is 0 Å². The van der Waals surface area contributed by atoms with Crippen LogP contribution in [-0.2, 0) is 45.3 Å². The minimum absolute atomic E-state index is 0.0924. The molecule has 2 aliphatic carbocycles.